The van der Waals surface area contributed by atoms with Crippen molar-refractivity contribution in [3.63, 3.8) is 0 Å². The minimum absolute atomic E-state index is 0.101. The van der Waals surface area contributed by atoms with Gasteiger partial charge >= 0.3 is 5.69 Å². The Kier molecular flexibility index (Phi) is 5.42. The fourth-order valence-corrected chi connectivity index (χ4v) is 3.33. The molecule has 3 rings (SSSR count). The minimum Gasteiger partial charge on any atom is -0.347 e. The van der Waals surface area contributed by atoms with Gasteiger partial charge in [0.2, 0.25) is 5.91 Å². The van der Waals surface area contributed by atoms with Gasteiger partial charge in [0.25, 0.3) is 5.56 Å². The van der Waals surface area contributed by atoms with E-state index in [1.54, 1.807) is 19.2 Å². The largest absolute Gasteiger partial charge is 0.347 e. The molecule has 1 aromatic carbocycles. The second-order valence-electron chi connectivity index (χ2n) is 7.10. The molecule has 0 aliphatic carbocycles. The molecule has 3 aromatic rings. The number of aromatic nitrogens is 4. The van der Waals surface area contributed by atoms with Gasteiger partial charge in [-0.15, -0.1) is 0 Å². The number of carbonyl (C=O) groups is 1. The molecule has 0 spiro atoms. The van der Waals surface area contributed by atoms with Crippen LogP contribution in [0.4, 0.5) is 0 Å². The van der Waals surface area contributed by atoms with Crippen LogP contribution in [0.3, 0.4) is 0 Å². The molecule has 2 aromatic heterocycles. The van der Waals surface area contributed by atoms with Crippen molar-refractivity contribution in [3.05, 3.63) is 62.0 Å². The van der Waals surface area contributed by atoms with Crippen molar-refractivity contribution in [2.75, 3.05) is 0 Å². The van der Waals surface area contributed by atoms with E-state index >= 15 is 0 Å². The molecule has 0 aliphatic heterocycles. The molecule has 1 atom stereocenters. The van der Waals surface area contributed by atoms with Gasteiger partial charge in [0.05, 0.1) is 12.4 Å². The Hall–Kier alpha value is -2.87. The van der Waals surface area contributed by atoms with Gasteiger partial charge in [0, 0.05) is 19.1 Å². The van der Waals surface area contributed by atoms with Gasteiger partial charge < -0.3 is 9.88 Å². The highest BCUT2D eigenvalue weighted by Gasteiger charge is 2.21. The SMILES string of the molecule is CC(C)C(NC(=O)Cn1c(=O)c2c(ncn2C)n(C)c1=O)c1ccc(Cl)cc1. The quantitative estimate of drug-likeness (QED) is 0.700. The first-order valence-electron chi connectivity index (χ1n) is 8.86. The van der Waals surface area contributed by atoms with E-state index in [-0.39, 0.29) is 29.7 Å². The summed E-state index contributed by atoms with van der Waals surface area (Å²) in [6.07, 6.45) is 1.46. The molecule has 0 aliphatic rings. The van der Waals surface area contributed by atoms with E-state index < -0.39 is 17.2 Å². The van der Waals surface area contributed by atoms with Gasteiger partial charge in [-0.3, -0.25) is 14.2 Å². The molecule has 1 unspecified atom stereocenters. The Morgan fingerprint density at radius 1 is 1.18 bits per heavy atom. The summed E-state index contributed by atoms with van der Waals surface area (Å²) >= 11 is 5.94. The summed E-state index contributed by atoms with van der Waals surface area (Å²) in [6.45, 7) is 3.59. The number of benzene rings is 1. The highest BCUT2D eigenvalue weighted by atomic mass is 35.5. The number of nitrogens with one attached hydrogen (secondary N) is 1. The Morgan fingerprint density at radius 3 is 2.43 bits per heavy atom. The van der Waals surface area contributed by atoms with Gasteiger partial charge in [0.15, 0.2) is 11.2 Å². The van der Waals surface area contributed by atoms with E-state index in [9.17, 15) is 14.4 Å². The summed E-state index contributed by atoms with van der Waals surface area (Å²) in [4.78, 5) is 42.1. The number of rotatable bonds is 5. The number of carbonyl (C=O) groups excluding carboxylic acids is 1. The molecule has 9 heteroatoms. The molecule has 28 heavy (non-hydrogen) atoms. The van der Waals surface area contributed by atoms with Crippen LogP contribution in [0, 0.1) is 5.92 Å². The fraction of sp³-hybridized carbons (Fsp3) is 0.368. The van der Waals surface area contributed by atoms with E-state index in [0.717, 1.165) is 10.1 Å². The van der Waals surface area contributed by atoms with Crippen molar-refractivity contribution < 1.29 is 4.79 Å². The summed E-state index contributed by atoms with van der Waals surface area (Å²) < 4.78 is 3.73. The van der Waals surface area contributed by atoms with E-state index in [0.29, 0.717) is 5.02 Å². The Balaban J connectivity index is 1.92. The third kappa shape index (κ3) is 3.60. The zero-order valence-corrected chi connectivity index (χ0v) is 16.9. The van der Waals surface area contributed by atoms with Gasteiger partial charge in [-0.05, 0) is 23.6 Å². The van der Waals surface area contributed by atoms with Crippen LogP contribution in [0.1, 0.15) is 25.5 Å². The molecule has 1 amide bonds. The van der Waals surface area contributed by atoms with Crippen molar-refractivity contribution in [1.29, 1.82) is 0 Å². The smallest absolute Gasteiger partial charge is 0.332 e. The molecule has 2 heterocycles. The summed E-state index contributed by atoms with van der Waals surface area (Å²) in [5.41, 5.74) is 0.332. The van der Waals surface area contributed by atoms with E-state index in [1.807, 2.05) is 26.0 Å². The molecule has 0 saturated carbocycles. The van der Waals surface area contributed by atoms with Crippen LogP contribution in [0.25, 0.3) is 11.2 Å². The summed E-state index contributed by atoms with van der Waals surface area (Å²) in [6, 6.07) is 6.94. The predicted octanol–water partition coefficient (Wildman–Crippen LogP) is 1.60. The van der Waals surface area contributed by atoms with Crippen LogP contribution >= 0.6 is 11.6 Å². The average Bonchev–Trinajstić information content (AvgIpc) is 3.04. The monoisotopic (exact) mass is 403 g/mol. The van der Waals surface area contributed by atoms with E-state index in [4.69, 9.17) is 11.6 Å². The summed E-state index contributed by atoms with van der Waals surface area (Å²) in [5, 5.41) is 3.53. The third-order valence-electron chi connectivity index (χ3n) is 4.72. The van der Waals surface area contributed by atoms with Crippen LogP contribution in [-0.2, 0) is 25.4 Å². The highest BCUT2D eigenvalue weighted by molar-refractivity contribution is 6.30. The summed E-state index contributed by atoms with van der Waals surface area (Å²) in [7, 11) is 3.19. The lowest BCUT2D eigenvalue weighted by molar-refractivity contribution is -0.122. The zero-order valence-electron chi connectivity index (χ0n) is 16.1. The van der Waals surface area contributed by atoms with Crippen molar-refractivity contribution in [3.8, 4) is 0 Å². The standard InChI is InChI=1S/C19H22ClN5O3/c1-11(2)15(12-5-7-13(20)8-6-12)22-14(26)9-25-18(27)16-17(21-10-23(16)3)24(4)19(25)28/h5-8,10-11,15H,9H2,1-4H3,(H,22,26). The van der Waals surface area contributed by atoms with Gasteiger partial charge in [0.1, 0.15) is 6.54 Å². The first kappa shape index (κ1) is 19.9. The first-order chi connectivity index (χ1) is 13.2. The average molecular weight is 404 g/mol. The van der Waals surface area contributed by atoms with Crippen molar-refractivity contribution in [1.82, 2.24) is 24.0 Å². The molecule has 0 saturated heterocycles. The number of imidazole rings is 1. The van der Waals surface area contributed by atoms with Gasteiger partial charge in [-0.25, -0.2) is 14.3 Å². The number of aryl methyl sites for hydroxylation is 2. The number of fused-ring (bicyclic) bond motifs is 1. The lowest BCUT2D eigenvalue weighted by atomic mass is 9.96. The van der Waals surface area contributed by atoms with Crippen LogP contribution in [-0.4, -0.2) is 24.6 Å². The lowest BCUT2D eigenvalue weighted by Crippen LogP contribution is -2.44. The van der Waals surface area contributed by atoms with E-state index in [2.05, 4.69) is 10.3 Å². The predicted molar refractivity (Wildman–Crippen MR) is 107 cm³/mol. The second kappa shape index (κ2) is 7.63. The van der Waals surface area contributed by atoms with Gasteiger partial charge in [-0.2, -0.15) is 0 Å². The third-order valence-corrected chi connectivity index (χ3v) is 4.97. The fourth-order valence-electron chi connectivity index (χ4n) is 3.20. The molecule has 1 N–H and O–H groups in total. The minimum atomic E-state index is -0.584. The topological polar surface area (TPSA) is 90.9 Å². The first-order valence-corrected chi connectivity index (χ1v) is 9.24. The maximum Gasteiger partial charge on any atom is 0.332 e. The number of hydrogen-bond donors (Lipinski definition) is 1. The van der Waals surface area contributed by atoms with Crippen LogP contribution in [0.2, 0.25) is 5.02 Å². The highest BCUT2D eigenvalue weighted by Crippen LogP contribution is 2.23. The molecular formula is C19H22ClN5O3. The van der Waals surface area contributed by atoms with Crippen LogP contribution in [0.15, 0.2) is 40.2 Å². The van der Waals surface area contributed by atoms with Crippen LogP contribution < -0.4 is 16.6 Å². The Labute approximate surface area is 166 Å². The van der Waals surface area contributed by atoms with Crippen molar-refractivity contribution in [2.24, 2.45) is 20.0 Å². The normalized spacial score (nSPS) is 12.5. The molecule has 8 nitrogen and oxygen atoms in total. The maximum absolute atomic E-state index is 12.7. The summed E-state index contributed by atoms with van der Waals surface area (Å²) in [5.74, 6) is -0.321. The van der Waals surface area contributed by atoms with Crippen LogP contribution in [0.5, 0.6) is 0 Å². The Bertz CT molecular complexity index is 1140. The number of amides is 1. The number of hydrogen-bond acceptors (Lipinski definition) is 4. The molecule has 148 valence electrons. The van der Waals surface area contributed by atoms with E-state index in [1.165, 1.54) is 22.5 Å². The van der Waals surface area contributed by atoms with Crippen molar-refractivity contribution >= 4 is 28.7 Å². The molecular weight excluding hydrogens is 382 g/mol. The molecule has 0 radical (unpaired) electrons. The zero-order chi connectivity index (χ0) is 20.6. The Morgan fingerprint density at radius 2 is 1.82 bits per heavy atom. The van der Waals surface area contributed by atoms with Crippen molar-refractivity contribution in [2.45, 2.75) is 26.4 Å². The maximum atomic E-state index is 12.7. The molecule has 0 fully saturated rings. The number of halogens is 1. The second-order valence-corrected chi connectivity index (χ2v) is 7.54. The number of nitrogens with zero attached hydrogens (tertiary/aromatic N) is 4. The molecule has 0 bridgehead atoms. The van der Waals surface area contributed by atoms with Gasteiger partial charge in [-0.1, -0.05) is 37.6 Å². The lowest BCUT2D eigenvalue weighted by Gasteiger charge is -2.23.